The molecule has 0 radical (unpaired) electrons. The van der Waals surface area contributed by atoms with E-state index in [2.05, 4.69) is 53.5 Å². The summed E-state index contributed by atoms with van der Waals surface area (Å²) in [5, 5.41) is 3.42. The van der Waals surface area contributed by atoms with Crippen molar-refractivity contribution in [3.8, 4) is 0 Å². The molecule has 0 heterocycles. The maximum absolute atomic E-state index is 3.79. The number of rotatable bonds is 4. The molecule has 0 unspecified atom stereocenters. The lowest BCUT2D eigenvalue weighted by atomic mass is 10.2. The molecule has 2 heteroatoms. The van der Waals surface area contributed by atoms with E-state index in [0.717, 1.165) is 6.42 Å². The van der Waals surface area contributed by atoms with Gasteiger partial charge in [0.2, 0.25) is 0 Å². The second-order valence-corrected chi connectivity index (χ2v) is 4.04. The molecule has 1 atom stereocenters. The molecular weight excluding hydrogens is 273 g/mol. The molecule has 1 nitrogen and oxygen atoms in total. The predicted octanol–water partition coefficient (Wildman–Crippen LogP) is 3.67. The van der Waals surface area contributed by atoms with Gasteiger partial charge < -0.3 is 5.32 Å². The molecule has 0 aromatic heterocycles. The molecule has 0 spiro atoms. The Balaban J connectivity index is 2.73. The summed E-state index contributed by atoms with van der Waals surface area (Å²) in [6, 6.07) is 8.64. The predicted molar refractivity (Wildman–Crippen MR) is 67.1 cm³/mol. The number of hydrogen-bond donors (Lipinski definition) is 1. The number of anilines is 1. The number of benzene rings is 1. The smallest absolute Gasteiger partial charge is 0.0480 e. The molecule has 0 aliphatic heterocycles. The monoisotopic (exact) mass is 287 g/mol. The van der Waals surface area contributed by atoms with Crippen molar-refractivity contribution in [2.75, 3.05) is 5.32 Å². The molecular formula is C11H14IN. The van der Waals surface area contributed by atoms with Crippen molar-refractivity contribution < 1.29 is 0 Å². The molecule has 0 aliphatic carbocycles. The normalized spacial score (nSPS) is 12.2. The van der Waals surface area contributed by atoms with Crippen molar-refractivity contribution in [3.05, 3.63) is 40.5 Å². The van der Waals surface area contributed by atoms with Crippen molar-refractivity contribution in [2.24, 2.45) is 0 Å². The number of nitrogens with one attached hydrogen (secondary N) is 1. The third-order valence-corrected chi connectivity index (χ3v) is 2.88. The first-order chi connectivity index (χ1) is 6.27. The van der Waals surface area contributed by atoms with Gasteiger partial charge in [0.1, 0.15) is 0 Å². The van der Waals surface area contributed by atoms with Gasteiger partial charge in [-0.3, -0.25) is 0 Å². The number of para-hydroxylation sites is 1. The molecule has 0 amide bonds. The second kappa shape index (κ2) is 5.27. The largest absolute Gasteiger partial charge is 0.378 e. The Hall–Kier alpha value is -0.510. The average molecular weight is 287 g/mol. The first-order valence-corrected chi connectivity index (χ1v) is 5.49. The van der Waals surface area contributed by atoms with Crippen LogP contribution in [0.2, 0.25) is 0 Å². The maximum Gasteiger partial charge on any atom is 0.0480 e. The van der Waals surface area contributed by atoms with Crippen LogP contribution < -0.4 is 5.32 Å². The third-order valence-electron chi connectivity index (χ3n) is 1.94. The quantitative estimate of drug-likeness (QED) is 0.658. The minimum Gasteiger partial charge on any atom is -0.378 e. The topological polar surface area (TPSA) is 12.0 Å². The summed E-state index contributed by atoms with van der Waals surface area (Å²) < 4.78 is 1.25. The lowest BCUT2D eigenvalue weighted by Crippen LogP contribution is -2.15. The lowest BCUT2D eigenvalue weighted by molar-refractivity contribution is 0.834. The minimum atomic E-state index is 0.371. The van der Waals surface area contributed by atoms with Gasteiger partial charge in [0.05, 0.1) is 0 Å². The van der Waals surface area contributed by atoms with Gasteiger partial charge in [-0.1, -0.05) is 25.1 Å². The zero-order valence-electron chi connectivity index (χ0n) is 7.76. The van der Waals surface area contributed by atoms with E-state index in [1.807, 2.05) is 18.2 Å². The van der Waals surface area contributed by atoms with Gasteiger partial charge in [-0.25, -0.2) is 0 Å². The summed E-state index contributed by atoms with van der Waals surface area (Å²) in [6.07, 6.45) is 3.01. The van der Waals surface area contributed by atoms with E-state index in [1.54, 1.807) is 0 Å². The molecule has 0 fully saturated rings. The Morgan fingerprint density at radius 3 is 2.77 bits per heavy atom. The van der Waals surface area contributed by atoms with Crippen LogP contribution in [0.1, 0.15) is 13.3 Å². The summed E-state index contributed by atoms with van der Waals surface area (Å²) in [5.41, 5.74) is 1.19. The Bertz CT molecular complexity index is 283. The zero-order valence-corrected chi connectivity index (χ0v) is 9.91. The van der Waals surface area contributed by atoms with Crippen LogP contribution in [0.3, 0.4) is 0 Å². The summed E-state index contributed by atoms with van der Waals surface area (Å²) in [6.45, 7) is 5.94. The molecule has 0 aliphatic rings. The fourth-order valence-corrected chi connectivity index (χ4v) is 1.65. The van der Waals surface area contributed by atoms with Gasteiger partial charge in [-0.2, -0.15) is 0 Å². The van der Waals surface area contributed by atoms with Crippen LogP contribution in [-0.2, 0) is 0 Å². The first kappa shape index (κ1) is 10.6. The van der Waals surface area contributed by atoms with Crippen molar-refractivity contribution in [1.29, 1.82) is 0 Å². The molecule has 1 N–H and O–H groups in total. The lowest BCUT2D eigenvalue weighted by Gasteiger charge is -2.14. The zero-order chi connectivity index (χ0) is 9.68. The summed E-state index contributed by atoms with van der Waals surface area (Å²) >= 11 is 2.33. The van der Waals surface area contributed by atoms with Crippen molar-refractivity contribution >= 4 is 28.3 Å². The second-order valence-electron chi connectivity index (χ2n) is 2.87. The van der Waals surface area contributed by atoms with E-state index < -0.39 is 0 Å². The Kier molecular flexibility index (Phi) is 4.28. The van der Waals surface area contributed by atoms with Gasteiger partial charge in [-0.05, 0) is 41.1 Å². The van der Waals surface area contributed by atoms with Crippen molar-refractivity contribution in [3.63, 3.8) is 0 Å². The SMILES string of the molecule is C=C[C@H](CC)Nc1ccccc1I. The summed E-state index contributed by atoms with van der Waals surface area (Å²) in [4.78, 5) is 0. The van der Waals surface area contributed by atoms with Crippen LogP contribution in [0.4, 0.5) is 5.69 Å². The number of halogens is 1. The first-order valence-electron chi connectivity index (χ1n) is 4.41. The van der Waals surface area contributed by atoms with E-state index >= 15 is 0 Å². The molecule has 0 bridgehead atoms. The Labute approximate surface area is 93.4 Å². The van der Waals surface area contributed by atoms with Gasteiger partial charge in [0.25, 0.3) is 0 Å². The fraction of sp³-hybridized carbons (Fsp3) is 0.273. The minimum absolute atomic E-state index is 0.371. The van der Waals surface area contributed by atoms with Crippen LogP contribution in [0.15, 0.2) is 36.9 Å². The van der Waals surface area contributed by atoms with Gasteiger partial charge in [-0.15, -0.1) is 6.58 Å². The van der Waals surface area contributed by atoms with Gasteiger partial charge in [0.15, 0.2) is 0 Å². The van der Waals surface area contributed by atoms with Gasteiger partial charge >= 0.3 is 0 Å². The summed E-state index contributed by atoms with van der Waals surface area (Å²) in [7, 11) is 0. The van der Waals surface area contributed by atoms with Crippen LogP contribution in [-0.4, -0.2) is 6.04 Å². The molecule has 1 aromatic rings. The molecule has 1 aromatic carbocycles. The molecule has 70 valence electrons. The fourth-order valence-electron chi connectivity index (χ4n) is 1.11. The average Bonchev–Trinajstić information content (AvgIpc) is 2.17. The van der Waals surface area contributed by atoms with Crippen LogP contribution in [0, 0.1) is 3.57 Å². The standard InChI is InChI=1S/C11H14IN/c1-3-9(4-2)13-11-8-6-5-7-10(11)12/h3,5-9,13H,1,4H2,2H3/t9-/m1/s1. The van der Waals surface area contributed by atoms with E-state index in [1.165, 1.54) is 9.26 Å². The van der Waals surface area contributed by atoms with Gasteiger partial charge in [0, 0.05) is 15.3 Å². The third kappa shape index (κ3) is 3.03. The van der Waals surface area contributed by atoms with Crippen molar-refractivity contribution in [2.45, 2.75) is 19.4 Å². The highest BCUT2D eigenvalue weighted by Gasteiger charge is 2.02. The highest BCUT2D eigenvalue weighted by atomic mass is 127. The Morgan fingerprint density at radius 2 is 2.23 bits per heavy atom. The highest BCUT2D eigenvalue weighted by Crippen LogP contribution is 2.18. The summed E-state index contributed by atoms with van der Waals surface area (Å²) in [5.74, 6) is 0. The van der Waals surface area contributed by atoms with Crippen LogP contribution >= 0.6 is 22.6 Å². The van der Waals surface area contributed by atoms with Crippen LogP contribution in [0.25, 0.3) is 0 Å². The van der Waals surface area contributed by atoms with E-state index in [4.69, 9.17) is 0 Å². The van der Waals surface area contributed by atoms with E-state index in [0.29, 0.717) is 6.04 Å². The molecule has 1 rings (SSSR count). The van der Waals surface area contributed by atoms with E-state index in [-0.39, 0.29) is 0 Å². The van der Waals surface area contributed by atoms with Crippen LogP contribution in [0.5, 0.6) is 0 Å². The van der Waals surface area contributed by atoms with E-state index in [9.17, 15) is 0 Å². The molecule has 13 heavy (non-hydrogen) atoms. The highest BCUT2D eigenvalue weighted by molar-refractivity contribution is 14.1. The number of hydrogen-bond acceptors (Lipinski definition) is 1. The van der Waals surface area contributed by atoms with Crippen molar-refractivity contribution in [1.82, 2.24) is 0 Å². The maximum atomic E-state index is 3.79. The molecule has 0 saturated carbocycles. The molecule has 0 saturated heterocycles. The Morgan fingerprint density at radius 1 is 1.54 bits per heavy atom.